The van der Waals surface area contributed by atoms with Crippen molar-refractivity contribution in [2.45, 2.75) is 39.3 Å². The third-order valence-corrected chi connectivity index (χ3v) is 4.37. The van der Waals surface area contributed by atoms with Gasteiger partial charge in [0, 0.05) is 38.0 Å². The Kier molecular flexibility index (Phi) is 4.72. The Balaban J connectivity index is 1.86. The number of nitrogens with zero attached hydrogens (tertiary/aromatic N) is 2. The van der Waals surface area contributed by atoms with Gasteiger partial charge in [0.2, 0.25) is 5.91 Å². The Morgan fingerprint density at radius 3 is 3.11 bits per heavy atom. The van der Waals surface area contributed by atoms with Crippen LogP contribution in [-0.4, -0.2) is 34.9 Å². The molecule has 1 aromatic rings. The van der Waals surface area contributed by atoms with Crippen LogP contribution in [0, 0.1) is 5.92 Å². The minimum absolute atomic E-state index is 0.200. The van der Waals surface area contributed by atoms with Gasteiger partial charge in [-0.05, 0) is 12.3 Å². The van der Waals surface area contributed by atoms with E-state index in [9.17, 15) is 4.79 Å². The van der Waals surface area contributed by atoms with Crippen LogP contribution in [0.4, 0.5) is 0 Å². The molecule has 1 fully saturated rings. The van der Waals surface area contributed by atoms with E-state index in [1.807, 2.05) is 10.4 Å². The lowest BCUT2D eigenvalue weighted by Gasteiger charge is -2.38. The van der Waals surface area contributed by atoms with E-state index in [0.717, 1.165) is 38.2 Å². The van der Waals surface area contributed by atoms with Gasteiger partial charge in [0.25, 0.3) is 0 Å². The number of piperidine rings is 1. The number of carbonyl (C=O) groups excluding carboxylic acids is 1. The molecule has 0 spiro atoms. The normalized spacial score (nSPS) is 24.2. The van der Waals surface area contributed by atoms with E-state index in [1.165, 1.54) is 0 Å². The highest BCUT2D eigenvalue weighted by molar-refractivity contribution is 7.07. The first-order chi connectivity index (χ1) is 8.70. The van der Waals surface area contributed by atoms with Crippen molar-refractivity contribution >= 4 is 17.2 Å². The lowest BCUT2D eigenvalue weighted by molar-refractivity contribution is -0.131. The summed E-state index contributed by atoms with van der Waals surface area (Å²) in [5, 5.41) is 5.67. The molecule has 2 rings (SSSR count). The summed E-state index contributed by atoms with van der Waals surface area (Å²) in [5.74, 6) is 0.757. The molecule has 0 aliphatic carbocycles. The van der Waals surface area contributed by atoms with Gasteiger partial charge in [0.1, 0.15) is 0 Å². The number of carbonyl (C=O) groups is 1. The van der Waals surface area contributed by atoms with Crippen LogP contribution < -0.4 is 5.32 Å². The number of amides is 1. The molecule has 1 aliphatic rings. The maximum atomic E-state index is 11.4. The molecular weight excluding hydrogens is 246 g/mol. The molecule has 2 heterocycles. The zero-order chi connectivity index (χ0) is 13.0. The summed E-state index contributed by atoms with van der Waals surface area (Å²) in [4.78, 5) is 17.7. The summed E-state index contributed by atoms with van der Waals surface area (Å²) < 4.78 is 0. The fraction of sp³-hybridized carbons (Fsp3) is 0.692. The highest BCUT2D eigenvalue weighted by Crippen LogP contribution is 2.20. The van der Waals surface area contributed by atoms with Crippen LogP contribution in [0.2, 0.25) is 0 Å². The zero-order valence-corrected chi connectivity index (χ0v) is 11.9. The lowest BCUT2D eigenvalue weighted by Crippen LogP contribution is -2.50. The molecular formula is C13H21N3OS. The molecule has 1 amide bonds. The van der Waals surface area contributed by atoms with Gasteiger partial charge < -0.3 is 10.2 Å². The quantitative estimate of drug-likeness (QED) is 0.906. The van der Waals surface area contributed by atoms with Crippen molar-refractivity contribution in [1.82, 2.24) is 15.2 Å². The van der Waals surface area contributed by atoms with Gasteiger partial charge in [-0.1, -0.05) is 13.3 Å². The monoisotopic (exact) mass is 267 g/mol. The number of rotatable bonds is 4. The Labute approximate surface area is 112 Å². The van der Waals surface area contributed by atoms with Crippen molar-refractivity contribution in [2.24, 2.45) is 5.92 Å². The largest absolute Gasteiger partial charge is 0.343 e. The average molecular weight is 267 g/mol. The van der Waals surface area contributed by atoms with Crippen molar-refractivity contribution in [1.29, 1.82) is 0 Å². The van der Waals surface area contributed by atoms with Gasteiger partial charge in [0.15, 0.2) is 0 Å². The third kappa shape index (κ3) is 3.29. The van der Waals surface area contributed by atoms with Crippen molar-refractivity contribution in [3.63, 3.8) is 0 Å². The van der Waals surface area contributed by atoms with Crippen LogP contribution in [0.15, 0.2) is 10.9 Å². The molecule has 5 heteroatoms. The fourth-order valence-corrected chi connectivity index (χ4v) is 3.12. The second-order valence-corrected chi connectivity index (χ2v) is 5.61. The van der Waals surface area contributed by atoms with Crippen LogP contribution in [0.25, 0.3) is 0 Å². The molecule has 100 valence electrons. The number of thiazole rings is 1. The molecule has 1 saturated heterocycles. The van der Waals surface area contributed by atoms with Gasteiger partial charge in [-0.3, -0.25) is 4.79 Å². The minimum atomic E-state index is 0.200. The Bertz CT molecular complexity index is 380. The van der Waals surface area contributed by atoms with Gasteiger partial charge in [-0.25, -0.2) is 4.98 Å². The van der Waals surface area contributed by atoms with Crippen LogP contribution in [0.1, 0.15) is 32.4 Å². The van der Waals surface area contributed by atoms with E-state index in [2.05, 4.69) is 22.6 Å². The summed E-state index contributed by atoms with van der Waals surface area (Å²) in [5.41, 5.74) is 2.98. The maximum absolute atomic E-state index is 11.4. The maximum Gasteiger partial charge on any atom is 0.219 e. The van der Waals surface area contributed by atoms with Gasteiger partial charge in [0.05, 0.1) is 11.2 Å². The molecule has 0 aromatic carbocycles. The highest BCUT2D eigenvalue weighted by Gasteiger charge is 2.28. The molecule has 2 atom stereocenters. The van der Waals surface area contributed by atoms with Crippen molar-refractivity contribution in [3.05, 3.63) is 16.6 Å². The van der Waals surface area contributed by atoms with E-state index in [4.69, 9.17) is 0 Å². The van der Waals surface area contributed by atoms with Gasteiger partial charge >= 0.3 is 0 Å². The van der Waals surface area contributed by atoms with E-state index >= 15 is 0 Å². The Morgan fingerprint density at radius 2 is 2.50 bits per heavy atom. The first-order valence-electron chi connectivity index (χ1n) is 6.56. The van der Waals surface area contributed by atoms with E-state index < -0.39 is 0 Å². The molecule has 1 N–H and O–H groups in total. The molecule has 4 nitrogen and oxygen atoms in total. The van der Waals surface area contributed by atoms with Crippen LogP contribution in [-0.2, 0) is 11.3 Å². The smallest absolute Gasteiger partial charge is 0.219 e. The zero-order valence-electron chi connectivity index (χ0n) is 11.1. The van der Waals surface area contributed by atoms with Gasteiger partial charge in [-0.15, -0.1) is 11.3 Å². The number of nitrogens with one attached hydrogen (secondary N) is 1. The van der Waals surface area contributed by atoms with Crippen molar-refractivity contribution < 1.29 is 4.79 Å². The summed E-state index contributed by atoms with van der Waals surface area (Å²) in [7, 11) is 0. The Hall–Kier alpha value is -0.940. The molecule has 0 radical (unpaired) electrons. The second kappa shape index (κ2) is 6.29. The average Bonchev–Trinajstić information content (AvgIpc) is 2.89. The fourth-order valence-electron chi connectivity index (χ4n) is 2.56. The number of likely N-dealkylation sites (tertiary alicyclic amines) is 1. The first-order valence-corrected chi connectivity index (χ1v) is 7.51. The summed E-state index contributed by atoms with van der Waals surface area (Å²) in [6.07, 6.45) is 2.15. The van der Waals surface area contributed by atoms with Gasteiger partial charge in [-0.2, -0.15) is 0 Å². The predicted molar refractivity (Wildman–Crippen MR) is 73.4 cm³/mol. The molecule has 0 unspecified atom stereocenters. The molecule has 1 aliphatic heterocycles. The standard InChI is InChI=1S/C13H21N3OS/c1-3-11-7-16(10(2)17)5-4-13(11)14-6-12-8-18-9-15-12/h8-9,11,13-14H,3-7H2,1-2H3/t11-,13-/m0/s1. The van der Waals surface area contributed by atoms with Crippen LogP contribution >= 0.6 is 11.3 Å². The topological polar surface area (TPSA) is 45.2 Å². The summed E-state index contributed by atoms with van der Waals surface area (Å²) in [6.45, 7) is 6.47. The molecule has 18 heavy (non-hydrogen) atoms. The summed E-state index contributed by atoms with van der Waals surface area (Å²) in [6, 6.07) is 0.507. The Morgan fingerprint density at radius 1 is 1.67 bits per heavy atom. The number of hydrogen-bond donors (Lipinski definition) is 1. The highest BCUT2D eigenvalue weighted by atomic mass is 32.1. The SMILES string of the molecule is CC[C@H]1CN(C(C)=O)CC[C@@H]1NCc1cscn1. The van der Waals surface area contributed by atoms with E-state index in [-0.39, 0.29) is 5.91 Å². The minimum Gasteiger partial charge on any atom is -0.343 e. The number of aromatic nitrogens is 1. The molecule has 0 bridgehead atoms. The van der Waals surface area contributed by atoms with Crippen LogP contribution in [0.3, 0.4) is 0 Å². The van der Waals surface area contributed by atoms with E-state index in [0.29, 0.717) is 12.0 Å². The number of hydrogen-bond acceptors (Lipinski definition) is 4. The molecule has 1 aromatic heterocycles. The molecule has 0 saturated carbocycles. The third-order valence-electron chi connectivity index (χ3n) is 3.73. The van der Waals surface area contributed by atoms with Crippen molar-refractivity contribution in [3.8, 4) is 0 Å². The second-order valence-electron chi connectivity index (χ2n) is 4.89. The first kappa shape index (κ1) is 13.5. The summed E-state index contributed by atoms with van der Waals surface area (Å²) >= 11 is 1.63. The lowest BCUT2D eigenvalue weighted by atomic mass is 9.90. The van der Waals surface area contributed by atoms with E-state index in [1.54, 1.807) is 18.3 Å². The van der Waals surface area contributed by atoms with Crippen LogP contribution in [0.5, 0.6) is 0 Å². The predicted octanol–water partition coefficient (Wildman–Crippen LogP) is 1.88. The van der Waals surface area contributed by atoms with Crippen molar-refractivity contribution in [2.75, 3.05) is 13.1 Å².